The van der Waals surface area contributed by atoms with Gasteiger partial charge in [-0.15, -0.1) is 0 Å². The van der Waals surface area contributed by atoms with E-state index in [-0.39, 0.29) is 11.8 Å². The van der Waals surface area contributed by atoms with Gasteiger partial charge in [-0.3, -0.25) is 4.79 Å². The van der Waals surface area contributed by atoms with Gasteiger partial charge < -0.3 is 14.8 Å². The second-order valence-electron chi connectivity index (χ2n) is 4.33. The third kappa shape index (κ3) is 5.04. The Morgan fingerprint density at radius 1 is 1.32 bits per heavy atom. The number of benzene rings is 1. The Morgan fingerprint density at radius 2 is 1.95 bits per heavy atom. The smallest absolute Gasteiger partial charge is 0.191 e. The quantitative estimate of drug-likeness (QED) is 0.467. The number of hydrogen-bond acceptors (Lipinski definition) is 4. The first kappa shape index (κ1) is 15.1. The van der Waals surface area contributed by atoms with Crippen LogP contribution < -0.4 is 10.1 Å². The molecule has 0 radical (unpaired) electrons. The molecule has 4 heteroatoms. The summed E-state index contributed by atoms with van der Waals surface area (Å²) in [5.74, 6) is 1.13. The fourth-order valence-corrected chi connectivity index (χ4v) is 1.52. The molecule has 0 aromatic heterocycles. The number of carbonyl (C=O) groups excluding carboxylic acids is 1. The summed E-state index contributed by atoms with van der Waals surface area (Å²) in [4.78, 5) is 12.1. The van der Waals surface area contributed by atoms with E-state index in [1.54, 1.807) is 31.4 Å². The number of nitrogens with one attached hydrogen (secondary N) is 1. The van der Waals surface area contributed by atoms with Crippen LogP contribution in [0, 0.1) is 0 Å². The zero-order chi connectivity index (χ0) is 14.3. The van der Waals surface area contributed by atoms with Gasteiger partial charge in [0.1, 0.15) is 5.75 Å². The standard InChI is InChI=1S/C15H21NO3/c1-5-19-15(16-11(2)3)10-14(17)12-6-8-13(18-4)9-7-12/h6-11,16H,5H2,1-4H3/b15-10+. The molecular weight excluding hydrogens is 242 g/mol. The van der Waals surface area contributed by atoms with Gasteiger partial charge >= 0.3 is 0 Å². The number of ketones is 1. The third-order valence-electron chi connectivity index (χ3n) is 2.37. The first-order valence-electron chi connectivity index (χ1n) is 6.36. The molecule has 0 amide bonds. The van der Waals surface area contributed by atoms with Crippen LogP contribution >= 0.6 is 0 Å². The van der Waals surface area contributed by atoms with Gasteiger partial charge in [0.15, 0.2) is 11.7 Å². The Hall–Kier alpha value is -1.97. The van der Waals surface area contributed by atoms with Gasteiger partial charge in [-0.25, -0.2) is 0 Å². The molecule has 104 valence electrons. The van der Waals surface area contributed by atoms with Crippen molar-refractivity contribution in [3.63, 3.8) is 0 Å². The normalized spacial score (nSPS) is 11.3. The second-order valence-corrected chi connectivity index (χ2v) is 4.33. The van der Waals surface area contributed by atoms with Crippen LogP contribution in [0.4, 0.5) is 0 Å². The largest absolute Gasteiger partial charge is 0.497 e. The maximum atomic E-state index is 12.1. The highest BCUT2D eigenvalue weighted by Crippen LogP contribution is 2.12. The van der Waals surface area contributed by atoms with Gasteiger partial charge in [-0.1, -0.05) is 0 Å². The highest BCUT2D eigenvalue weighted by molar-refractivity contribution is 6.04. The van der Waals surface area contributed by atoms with Gasteiger partial charge in [0.05, 0.1) is 13.7 Å². The number of ether oxygens (including phenoxy) is 2. The maximum absolute atomic E-state index is 12.1. The number of allylic oxidation sites excluding steroid dienone is 1. The first-order chi connectivity index (χ1) is 9.06. The van der Waals surface area contributed by atoms with Crippen molar-refractivity contribution in [3.05, 3.63) is 41.8 Å². The van der Waals surface area contributed by atoms with Crippen molar-refractivity contribution < 1.29 is 14.3 Å². The third-order valence-corrected chi connectivity index (χ3v) is 2.37. The minimum absolute atomic E-state index is 0.0979. The number of methoxy groups -OCH3 is 1. The fraction of sp³-hybridized carbons (Fsp3) is 0.400. The molecule has 0 bridgehead atoms. The lowest BCUT2D eigenvalue weighted by Gasteiger charge is -2.14. The van der Waals surface area contributed by atoms with E-state index in [4.69, 9.17) is 9.47 Å². The summed E-state index contributed by atoms with van der Waals surface area (Å²) in [5, 5.41) is 3.10. The monoisotopic (exact) mass is 263 g/mol. The Bertz CT molecular complexity index is 435. The summed E-state index contributed by atoms with van der Waals surface area (Å²) in [6.07, 6.45) is 1.48. The summed E-state index contributed by atoms with van der Waals surface area (Å²) >= 11 is 0. The van der Waals surface area contributed by atoms with Crippen molar-refractivity contribution >= 4 is 5.78 Å². The molecule has 0 aliphatic heterocycles. The van der Waals surface area contributed by atoms with E-state index in [0.29, 0.717) is 18.1 Å². The Labute approximate surface area is 114 Å². The average molecular weight is 263 g/mol. The lowest BCUT2D eigenvalue weighted by atomic mass is 10.1. The van der Waals surface area contributed by atoms with Gasteiger partial charge in [0, 0.05) is 17.7 Å². The van der Waals surface area contributed by atoms with E-state index in [1.165, 1.54) is 6.08 Å². The van der Waals surface area contributed by atoms with Crippen LogP contribution in [0.5, 0.6) is 5.75 Å². The fourth-order valence-electron chi connectivity index (χ4n) is 1.52. The molecule has 0 saturated carbocycles. The lowest BCUT2D eigenvalue weighted by molar-refractivity contribution is 0.103. The molecule has 1 rings (SSSR count). The van der Waals surface area contributed by atoms with Crippen LogP contribution in [0.25, 0.3) is 0 Å². The van der Waals surface area contributed by atoms with Gasteiger partial charge in [0.25, 0.3) is 0 Å². The highest BCUT2D eigenvalue weighted by Gasteiger charge is 2.07. The zero-order valence-electron chi connectivity index (χ0n) is 11.9. The zero-order valence-corrected chi connectivity index (χ0v) is 11.9. The summed E-state index contributed by atoms with van der Waals surface area (Å²) in [5.41, 5.74) is 0.601. The van der Waals surface area contributed by atoms with Gasteiger partial charge in [0.2, 0.25) is 0 Å². The van der Waals surface area contributed by atoms with Gasteiger partial charge in [-0.05, 0) is 45.0 Å². The van der Waals surface area contributed by atoms with Crippen molar-refractivity contribution in [1.82, 2.24) is 5.32 Å². The molecule has 0 aliphatic rings. The molecule has 0 spiro atoms. The maximum Gasteiger partial charge on any atom is 0.191 e. The molecule has 4 nitrogen and oxygen atoms in total. The van der Waals surface area contributed by atoms with Crippen LogP contribution in [0.2, 0.25) is 0 Å². The van der Waals surface area contributed by atoms with E-state index >= 15 is 0 Å². The van der Waals surface area contributed by atoms with Crippen LogP contribution in [0.3, 0.4) is 0 Å². The Balaban J connectivity index is 2.83. The molecule has 0 unspecified atom stereocenters. The number of rotatable bonds is 7. The molecule has 1 aromatic rings. The van der Waals surface area contributed by atoms with E-state index < -0.39 is 0 Å². The molecule has 0 aliphatic carbocycles. The van der Waals surface area contributed by atoms with Crippen LogP contribution in [0.1, 0.15) is 31.1 Å². The van der Waals surface area contributed by atoms with Crippen molar-refractivity contribution in [2.24, 2.45) is 0 Å². The summed E-state index contributed by atoms with van der Waals surface area (Å²) < 4.78 is 10.5. The summed E-state index contributed by atoms with van der Waals surface area (Å²) in [7, 11) is 1.59. The Kier molecular flexibility index (Phi) is 5.93. The minimum Gasteiger partial charge on any atom is -0.497 e. The molecule has 0 heterocycles. The molecule has 0 saturated heterocycles. The molecule has 1 aromatic carbocycles. The van der Waals surface area contributed by atoms with Crippen molar-refractivity contribution in [2.45, 2.75) is 26.8 Å². The predicted molar refractivity (Wildman–Crippen MR) is 75.3 cm³/mol. The number of carbonyl (C=O) groups is 1. The first-order valence-corrected chi connectivity index (χ1v) is 6.36. The van der Waals surface area contributed by atoms with Crippen molar-refractivity contribution in [2.75, 3.05) is 13.7 Å². The second kappa shape index (κ2) is 7.46. The van der Waals surface area contributed by atoms with Crippen LogP contribution in [-0.2, 0) is 4.74 Å². The molecule has 1 N–H and O–H groups in total. The Morgan fingerprint density at radius 3 is 2.42 bits per heavy atom. The van der Waals surface area contributed by atoms with Crippen molar-refractivity contribution in [1.29, 1.82) is 0 Å². The highest BCUT2D eigenvalue weighted by atomic mass is 16.5. The number of hydrogen-bond donors (Lipinski definition) is 1. The molecule has 0 atom stereocenters. The average Bonchev–Trinajstić information content (AvgIpc) is 2.38. The lowest BCUT2D eigenvalue weighted by Crippen LogP contribution is -2.24. The molecular formula is C15H21NO3. The van der Waals surface area contributed by atoms with E-state index in [9.17, 15) is 4.79 Å². The van der Waals surface area contributed by atoms with E-state index in [0.717, 1.165) is 5.75 Å². The van der Waals surface area contributed by atoms with E-state index in [1.807, 2.05) is 20.8 Å². The minimum atomic E-state index is -0.0979. The topological polar surface area (TPSA) is 47.6 Å². The van der Waals surface area contributed by atoms with Crippen molar-refractivity contribution in [3.8, 4) is 5.75 Å². The van der Waals surface area contributed by atoms with Crippen LogP contribution in [0.15, 0.2) is 36.2 Å². The molecule has 0 fully saturated rings. The summed E-state index contributed by atoms with van der Waals surface area (Å²) in [6.45, 7) is 6.38. The van der Waals surface area contributed by atoms with Gasteiger partial charge in [-0.2, -0.15) is 0 Å². The van der Waals surface area contributed by atoms with E-state index in [2.05, 4.69) is 5.32 Å². The summed E-state index contributed by atoms with van der Waals surface area (Å²) in [6, 6.07) is 7.20. The van der Waals surface area contributed by atoms with Crippen LogP contribution in [-0.4, -0.2) is 25.5 Å². The molecule has 19 heavy (non-hydrogen) atoms. The SMILES string of the molecule is CCO/C(=C/C(=O)c1ccc(OC)cc1)NC(C)C. The predicted octanol–water partition coefficient (Wildman–Crippen LogP) is 2.75.